The first-order valence-corrected chi connectivity index (χ1v) is 8.26. The van der Waals surface area contributed by atoms with Gasteiger partial charge in [0.1, 0.15) is 0 Å². The van der Waals surface area contributed by atoms with E-state index < -0.39 is 5.09 Å². The van der Waals surface area contributed by atoms with Crippen molar-refractivity contribution in [1.82, 2.24) is 9.88 Å². The maximum Gasteiger partial charge on any atom is 0.523 e. The third-order valence-corrected chi connectivity index (χ3v) is 5.25. The van der Waals surface area contributed by atoms with Gasteiger partial charge in [-0.1, -0.05) is 6.92 Å². The smallest absolute Gasteiger partial charge is 0.356 e. The Balaban J connectivity index is 0.000000396. The summed E-state index contributed by atoms with van der Waals surface area (Å²) in [5.41, 5.74) is 1.19. The maximum atomic E-state index is 8.84. The van der Waals surface area contributed by atoms with Gasteiger partial charge in [0.05, 0.1) is 15.4 Å². The molecule has 0 spiro atoms. The molecule has 0 radical (unpaired) electrons. The first kappa shape index (κ1) is 16.6. The van der Waals surface area contributed by atoms with Crippen LogP contribution in [0.5, 0.6) is 0 Å². The highest BCUT2D eigenvalue weighted by Gasteiger charge is 2.39. The number of thiazole rings is 1. The lowest BCUT2D eigenvalue weighted by molar-refractivity contribution is -0.402. The summed E-state index contributed by atoms with van der Waals surface area (Å²) in [7, 11) is 0. The predicted molar refractivity (Wildman–Crippen MR) is 83.0 cm³/mol. The highest BCUT2D eigenvalue weighted by Crippen LogP contribution is 2.39. The van der Waals surface area contributed by atoms with E-state index in [9.17, 15) is 0 Å². The fraction of sp³-hybridized carbons (Fsp3) is 0.769. The summed E-state index contributed by atoms with van der Waals surface area (Å²) in [6.45, 7) is 4.72. The molecule has 22 heavy (non-hydrogen) atoms. The van der Waals surface area contributed by atoms with Gasteiger partial charge in [-0.25, -0.2) is 0 Å². The summed E-state index contributed by atoms with van der Waals surface area (Å²) in [6, 6.07) is 0.693. The molecule has 0 aromatic carbocycles. The maximum absolute atomic E-state index is 8.84. The third kappa shape index (κ3) is 3.90. The molecule has 2 heterocycles. The summed E-state index contributed by atoms with van der Waals surface area (Å²) in [6.07, 6.45) is 6.06. The molecule has 1 aliphatic carbocycles. The molecule has 0 N–H and O–H groups in total. The molecule has 0 bridgehead atoms. The fourth-order valence-electron chi connectivity index (χ4n) is 3.48. The summed E-state index contributed by atoms with van der Waals surface area (Å²) in [5, 5.41) is 24.1. The Hall–Kier alpha value is -1.79. The molecule has 2 aliphatic rings. The number of hydrogen-bond acceptors (Lipinski definition) is 7. The zero-order valence-corrected chi connectivity index (χ0v) is 13.3. The Bertz CT molecular complexity index is 565. The molecule has 9 heteroatoms. The molecule has 1 saturated heterocycles. The largest absolute Gasteiger partial charge is 0.523 e. The van der Waals surface area contributed by atoms with E-state index in [1.165, 1.54) is 42.9 Å². The average Bonchev–Trinajstić information content (AvgIpc) is 2.87. The summed E-state index contributed by atoms with van der Waals surface area (Å²) < 4.78 is 0. The topological polar surface area (TPSA) is 110 Å². The molecule has 1 aliphatic heterocycles. The zero-order chi connectivity index (χ0) is 16.1. The highest BCUT2D eigenvalue weighted by molar-refractivity contribution is 7.15. The Morgan fingerprint density at radius 3 is 2.86 bits per heavy atom. The standard InChI is InChI=1S/C13H19N4S.NO3/c1-2-5-17-6-3-4-9-7-10-12(8-11(9)17)18-13(15-10)16-14;2-1(3)4/h9,11H,2-8H2,1H3;/q+1;-1. The van der Waals surface area contributed by atoms with Crippen molar-refractivity contribution in [3.63, 3.8) is 0 Å². The van der Waals surface area contributed by atoms with Gasteiger partial charge in [0.2, 0.25) is 0 Å². The lowest BCUT2D eigenvalue weighted by Gasteiger charge is -2.42. The Morgan fingerprint density at radius 2 is 2.23 bits per heavy atom. The van der Waals surface area contributed by atoms with Crippen molar-refractivity contribution >= 4 is 16.5 Å². The highest BCUT2D eigenvalue weighted by atomic mass is 32.1. The van der Waals surface area contributed by atoms with E-state index >= 15 is 0 Å². The summed E-state index contributed by atoms with van der Waals surface area (Å²) in [5.74, 6) is 0.756. The molecular formula is C13H19N5O3S. The minimum Gasteiger partial charge on any atom is -0.356 e. The van der Waals surface area contributed by atoms with Crippen LogP contribution < -0.4 is 0 Å². The second kappa shape index (κ2) is 7.47. The van der Waals surface area contributed by atoms with Crippen molar-refractivity contribution in [3.8, 4) is 0 Å². The van der Waals surface area contributed by atoms with Gasteiger partial charge in [0.25, 0.3) is 0 Å². The van der Waals surface area contributed by atoms with Crippen LogP contribution in [0.3, 0.4) is 0 Å². The van der Waals surface area contributed by atoms with Crippen molar-refractivity contribution in [2.75, 3.05) is 13.1 Å². The van der Waals surface area contributed by atoms with Gasteiger partial charge >= 0.3 is 5.13 Å². The van der Waals surface area contributed by atoms with Crippen LogP contribution in [0.25, 0.3) is 4.98 Å². The Kier molecular flexibility index (Phi) is 5.63. The molecule has 2 unspecified atom stereocenters. The lowest BCUT2D eigenvalue weighted by Crippen LogP contribution is -2.49. The molecule has 120 valence electrons. The van der Waals surface area contributed by atoms with Gasteiger partial charge in [-0.15, -0.1) is 0 Å². The third-order valence-electron chi connectivity index (χ3n) is 4.25. The number of rotatable bonds is 2. The van der Waals surface area contributed by atoms with E-state index in [0.717, 1.165) is 18.8 Å². The van der Waals surface area contributed by atoms with Crippen molar-refractivity contribution in [2.24, 2.45) is 5.92 Å². The lowest BCUT2D eigenvalue weighted by atomic mass is 9.79. The van der Waals surface area contributed by atoms with Crippen LogP contribution in [-0.4, -0.2) is 34.1 Å². The van der Waals surface area contributed by atoms with E-state index in [-0.39, 0.29) is 0 Å². The van der Waals surface area contributed by atoms with Crippen molar-refractivity contribution in [3.05, 3.63) is 30.9 Å². The molecule has 8 nitrogen and oxygen atoms in total. The summed E-state index contributed by atoms with van der Waals surface area (Å²) >= 11 is 1.56. The average molecular weight is 325 g/mol. The van der Waals surface area contributed by atoms with Crippen LogP contribution in [0.15, 0.2) is 0 Å². The molecule has 2 atom stereocenters. The van der Waals surface area contributed by atoms with Gasteiger partial charge in [0, 0.05) is 23.9 Å². The fourth-order valence-corrected chi connectivity index (χ4v) is 4.40. The van der Waals surface area contributed by atoms with E-state index in [4.69, 9.17) is 20.7 Å². The normalized spacial score (nSPS) is 23.5. The zero-order valence-electron chi connectivity index (χ0n) is 12.5. The Labute approximate surface area is 132 Å². The van der Waals surface area contributed by atoms with E-state index in [1.807, 2.05) is 0 Å². The SMILES string of the molecule is CCCN1CCCC2Cc3nc([N+]#N)sc3CC21.O=[N+]([O-])[O-]. The minimum atomic E-state index is -1.75. The second-order valence-corrected chi connectivity index (χ2v) is 6.67. The number of hydrogen-bond donors (Lipinski definition) is 0. The van der Waals surface area contributed by atoms with Crippen molar-refractivity contribution in [1.29, 1.82) is 5.39 Å². The van der Waals surface area contributed by atoms with Crippen LogP contribution in [0.1, 0.15) is 36.8 Å². The van der Waals surface area contributed by atoms with Crippen LogP contribution in [-0.2, 0) is 12.8 Å². The van der Waals surface area contributed by atoms with Gasteiger partial charge in [-0.2, -0.15) is 0 Å². The molecule has 0 amide bonds. The quantitative estimate of drug-likeness (QED) is 0.469. The number of nitrogens with zero attached hydrogens (tertiary/aromatic N) is 5. The van der Waals surface area contributed by atoms with Crippen molar-refractivity contribution in [2.45, 2.75) is 45.1 Å². The predicted octanol–water partition coefficient (Wildman–Crippen LogP) is 2.98. The van der Waals surface area contributed by atoms with Gasteiger partial charge in [0.15, 0.2) is 5.69 Å². The van der Waals surface area contributed by atoms with Gasteiger partial charge in [-0.05, 0) is 54.6 Å². The van der Waals surface area contributed by atoms with Crippen LogP contribution >= 0.6 is 11.3 Å². The molecule has 3 rings (SSSR count). The number of aromatic nitrogens is 1. The Morgan fingerprint density at radius 1 is 1.50 bits per heavy atom. The molecule has 0 saturated carbocycles. The van der Waals surface area contributed by atoms with E-state index in [2.05, 4.69) is 21.8 Å². The second-order valence-electron chi connectivity index (χ2n) is 5.60. The van der Waals surface area contributed by atoms with Crippen LogP contribution in [0.4, 0.5) is 5.13 Å². The first-order chi connectivity index (χ1) is 10.5. The van der Waals surface area contributed by atoms with E-state index in [0.29, 0.717) is 11.2 Å². The van der Waals surface area contributed by atoms with Crippen LogP contribution in [0, 0.1) is 26.6 Å². The number of piperidine rings is 1. The monoisotopic (exact) mass is 325 g/mol. The molecule has 1 fully saturated rings. The van der Waals surface area contributed by atoms with Gasteiger partial charge < -0.3 is 15.3 Å². The number of likely N-dealkylation sites (tertiary alicyclic amines) is 1. The number of fused-ring (bicyclic) bond motifs is 2. The first-order valence-electron chi connectivity index (χ1n) is 7.44. The molecule has 1 aromatic rings. The molecular weight excluding hydrogens is 306 g/mol. The van der Waals surface area contributed by atoms with E-state index in [1.54, 1.807) is 11.3 Å². The van der Waals surface area contributed by atoms with Gasteiger partial charge in [-0.3, -0.25) is 4.90 Å². The summed E-state index contributed by atoms with van der Waals surface area (Å²) in [4.78, 5) is 19.9. The van der Waals surface area contributed by atoms with Crippen LogP contribution in [0.2, 0.25) is 0 Å². The molecule has 1 aromatic heterocycles. The minimum absolute atomic E-state index is 0.528. The number of diazo groups is 1. The van der Waals surface area contributed by atoms with Crippen molar-refractivity contribution < 1.29 is 5.09 Å².